The van der Waals surface area contributed by atoms with Crippen LogP contribution in [0.1, 0.15) is 24.4 Å². The number of aromatic hydroxyl groups is 1. The third-order valence-electron chi connectivity index (χ3n) is 2.55. The molecule has 0 saturated heterocycles. The summed E-state index contributed by atoms with van der Waals surface area (Å²) in [6.07, 6.45) is 2.49. The van der Waals surface area contributed by atoms with Crippen molar-refractivity contribution in [2.75, 3.05) is 0 Å². The summed E-state index contributed by atoms with van der Waals surface area (Å²) in [7, 11) is 0. The SMILES string of the molecule is N[C@H](c1cc(I)c(O)c(I)c1)C1CC1. The van der Waals surface area contributed by atoms with E-state index >= 15 is 0 Å². The van der Waals surface area contributed by atoms with Crippen LogP contribution >= 0.6 is 45.2 Å². The Morgan fingerprint density at radius 3 is 2.21 bits per heavy atom. The summed E-state index contributed by atoms with van der Waals surface area (Å²) in [6.45, 7) is 0. The smallest absolute Gasteiger partial charge is 0.142 e. The van der Waals surface area contributed by atoms with Gasteiger partial charge in [0.25, 0.3) is 0 Å². The fourth-order valence-corrected chi connectivity index (χ4v) is 3.32. The lowest BCUT2D eigenvalue weighted by Gasteiger charge is -2.12. The van der Waals surface area contributed by atoms with E-state index in [4.69, 9.17) is 5.73 Å². The van der Waals surface area contributed by atoms with E-state index in [2.05, 4.69) is 45.2 Å². The number of nitrogens with two attached hydrogens (primary N) is 1. The highest BCUT2D eigenvalue weighted by Crippen LogP contribution is 2.41. The van der Waals surface area contributed by atoms with Crippen molar-refractivity contribution in [3.8, 4) is 5.75 Å². The van der Waals surface area contributed by atoms with E-state index in [-0.39, 0.29) is 6.04 Å². The number of phenols is 1. The number of halogens is 2. The molecule has 1 aromatic rings. The lowest BCUT2D eigenvalue weighted by atomic mass is 10.0. The Labute approximate surface area is 111 Å². The first-order valence-corrected chi connectivity index (χ1v) is 6.69. The van der Waals surface area contributed by atoms with Crippen molar-refractivity contribution in [2.45, 2.75) is 18.9 Å². The molecule has 0 unspecified atom stereocenters. The quantitative estimate of drug-likeness (QED) is 0.731. The second kappa shape index (κ2) is 4.13. The Hall–Kier alpha value is 0.440. The molecule has 0 heterocycles. The summed E-state index contributed by atoms with van der Waals surface area (Å²) >= 11 is 4.28. The molecular formula is C10H11I2NO. The lowest BCUT2D eigenvalue weighted by molar-refractivity contribution is 0.466. The number of rotatable bonds is 2. The van der Waals surface area contributed by atoms with Crippen LogP contribution < -0.4 is 5.73 Å². The summed E-state index contributed by atoms with van der Waals surface area (Å²) in [6, 6.07) is 4.12. The van der Waals surface area contributed by atoms with Crippen LogP contribution in [0.2, 0.25) is 0 Å². The van der Waals surface area contributed by atoms with Crippen LogP contribution in [0.3, 0.4) is 0 Å². The molecule has 0 bridgehead atoms. The van der Waals surface area contributed by atoms with Crippen molar-refractivity contribution in [1.29, 1.82) is 0 Å². The van der Waals surface area contributed by atoms with Gasteiger partial charge in [-0.1, -0.05) is 0 Å². The number of phenolic OH excluding ortho intramolecular Hbond substituents is 1. The third kappa shape index (κ3) is 2.16. The van der Waals surface area contributed by atoms with E-state index in [1.165, 1.54) is 12.8 Å². The number of benzene rings is 1. The van der Waals surface area contributed by atoms with Crippen molar-refractivity contribution >= 4 is 45.2 Å². The van der Waals surface area contributed by atoms with E-state index in [1.54, 1.807) is 0 Å². The van der Waals surface area contributed by atoms with Gasteiger partial charge in [-0.15, -0.1) is 0 Å². The zero-order chi connectivity index (χ0) is 10.3. The minimum atomic E-state index is 0.151. The lowest BCUT2D eigenvalue weighted by Crippen LogP contribution is -2.12. The third-order valence-corrected chi connectivity index (χ3v) is 4.20. The average molecular weight is 415 g/mol. The molecule has 1 fully saturated rings. The highest BCUT2D eigenvalue weighted by molar-refractivity contribution is 14.1. The maximum atomic E-state index is 9.61. The Balaban J connectivity index is 2.34. The molecule has 0 spiro atoms. The van der Waals surface area contributed by atoms with E-state index in [1.807, 2.05) is 12.1 Å². The zero-order valence-electron chi connectivity index (χ0n) is 7.50. The number of hydrogen-bond acceptors (Lipinski definition) is 2. The van der Waals surface area contributed by atoms with Gasteiger partial charge >= 0.3 is 0 Å². The van der Waals surface area contributed by atoms with Crippen LogP contribution in [0.5, 0.6) is 5.75 Å². The van der Waals surface area contributed by atoms with Gasteiger partial charge in [-0.25, -0.2) is 0 Å². The zero-order valence-corrected chi connectivity index (χ0v) is 11.8. The van der Waals surface area contributed by atoms with Gasteiger partial charge in [0.15, 0.2) is 0 Å². The van der Waals surface area contributed by atoms with Crippen LogP contribution in [-0.2, 0) is 0 Å². The average Bonchev–Trinajstić information content (AvgIpc) is 2.95. The van der Waals surface area contributed by atoms with Gasteiger partial charge in [-0.2, -0.15) is 0 Å². The first-order chi connectivity index (χ1) is 6.59. The molecule has 0 aliphatic heterocycles. The van der Waals surface area contributed by atoms with Gasteiger partial charge in [0.05, 0.1) is 7.14 Å². The van der Waals surface area contributed by atoms with Crippen LogP contribution in [0.4, 0.5) is 0 Å². The maximum absolute atomic E-state index is 9.61. The molecule has 2 rings (SSSR count). The van der Waals surface area contributed by atoms with Gasteiger partial charge in [0.1, 0.15) is 5.75 Å². The highest BCUT2D eigenvalue weighted by atomic mass is 127. The Morgan fingerprint density at radius 2 is 1.79 bits per heavy atom. The second-order valence-corrected chi connectivity index (χ2v) is 6.02. The largest absolute Gasteiger partial charge is 0.506 e. The maximum Gasteiger partial charge on any atom is 0.142 e. The van der Waals surface area contributed by atoms with Crippen LogP contribution in [0.25, 0.3) is 0 Å². The van der Waals surface area contributed by atoms with E-state index in [9.17, 15) is 5.11 Å². The van der Waals surface area contributed by atoms with Gasteiger partial charge < -0.3 is 10.8 Å². The Bertz CT molecular complexity index is 340. The standard InChI is InChI=1S/C10H11I2NO/c11-7-3-6(4-8(12)10(7)14)9(13)5-1-2-5/h3-5,9,14H,1-2,13H2/t9-/m0/s1. The molecule has 1 aliphatic carbocycles. The number of hydrogen-bond donors (Lipinski definition) is 2. The Kier molecular flexibility index (Phi) is 3.23. The summed E-state index contributed by atoms with van der Waals surface area (Å²) in [4.78, 5) is 0. The summed E-state index contributed by atoms with van der Waals surface area (Å²) < 4.78 is 1.78. The van der Waals surface area contributed by atoms with Gasteiger partial charge in [0.2, 0.25) is 0 Å². The first-order valence-electron chi connectivity index (χ1n) is 4.53. The molecule has 2 nitrogen and oxygen atoms in total. The summed E-state index contributed by atoms with van der Waals surface area (Å²) in [5.74, 6) is 1.03. The molecule has 1 saturated carbocycles. The molecule has 1 aromatic carbocycles. The molecule has 3 N–H and O–H groups in total. The second-order valence-electron chi connectivity index (χ2n) is 3.70. The summed E-state index contributed by atoms with van der Waals surface area (Å²) in [5, 5.41) is 9.61. The predicted molar refractivity (Wildman–Crippen MR) is 73.2 cm³/mol. The van der Waals surface area contributed by atoms with E-state index in [0.29, 0.717) is 11.7 Å². The van der Waals surface area contributed by atoms with Crippen LogP contribution in [0.15, 0.2) is 12.1 Å². The Morgan fingerprint density at radius 1 is 1.29 bits per heavy atom. The van der Waals surface area contributed by atoms with Crippen molar-refractivity contribution in [3.05, 3.63) is 24.8 Å². The topological polar surface area (TPSA) is 46.2 Å². The van der Waals surface area contributed by atoms with Crippen LogP contribution in [0, 0.1) is 13.1 Å². The van der Waals surface area contributed by atoms with Crippen LogP contribution in [-0.4, -0.2) is 5.11 Å². The first kappa shape index (κ1) is 10.9. The fourth-order valence-electron chi connectivity index (χ4n) is 1.51. The fraction of sp³-hybridized carbons (Fsp3) is 0.400. The van der Waals surface area contributed by atoms with Crippen molar-refractivity contribution < 1.29 is 5.11 Å². The van der Waals surface area contributed by atoms with Gasteiger partial charge in [0, 0.05) is 6.04 Å². The molecule has 14 heavy (non-hydrogen) atoms. The highest BCUT2D eigenvalue weighted by Gasteiger charge is 2.30. The minimum absolute atomic E-state index is 0.151. The molecule has 4 heteroatoms. The van der Waals surface area contributed by atoms with Crippen molar-refractivity contribution in [3.63, 3.8) is 0 Å². The normalized spacial score (nSPS) is 18.2. The molecule has 1 aliphatic rings. The molecule has 0 aromatic heterocycles. The van der Waals surface area contributed by atoms with E-state index < -0.39 is 0 Å². The van der Waals surface area contributed by atoms with E-state index in [0.717, 1.165) is 12.7 Å². The summed E-state index contributed by atoms with van der Waals surface area (Å²) in [5.41, 5.74) is 7.25. The molecule has 1 atom stereocenters. The van der Waals surface area contributed by atoms with Gasteiger partial charge in [-0.3, -0.25) is 0 Å². The molecule has 76 valence electrons. The van der Waals surface area contributed by atoms with Crippen molar-refractivity contribution in [2.24, 2.45) is 11.7 Å². The van der Waals surface area contributed by atoms with Crippen molar-refractivity contribution in [1.82, 2.24) is 0 Å². The molecule has 0 amide bonds. The molecule has 0 radical (unpaired) electrons. The molecular weight excluding hydrogens is 404 g/mol. The predicted octanol–water partition coefficient (Wildman–Crippen LogP) is 3.01. The monoisotopic (exact) mass is 415 g/mol. The van der Waals surface area contributed by atoms with Gasteiger partial charge in [-0.05, 0) is 81.6 Å². The minimum Gasteiger partial charge on any atom is -0.506 e.